The minimum Gasteiger partial charge on any atom is -0.338 e. The number of aryl methyl sites for hydroxylation is 1. The Labute approximate surface area is 149 Å². The van der Waals surface area contributed by atoms with Gasteiger partial charge in [-0.3, -0.25) is 4.79 Å². The molecule has 0 N–H and O–H groups in total. The molecule has 130 valence electrons. The molecule has 1 fully saturated rings. The van der Waals surface area contributed by atoms with Crippen LogP contribution in [0.4, 0.5) is 4.39 Å². The van der Waals surface area contributed by atoms with Crippen molar-refractivity contribution >= 4 is 27.5 Å². The Kier molecular flexibility index (Phi) is 4.07. The zero-order chi connectivity index (χ0) is 17.6. The van der Waals surface area contributed by atoms with Crippen molar-refractivity contribution in [2.24, 2.45) is 5.92 Å². The zero-order valence-electron chi connectivity index (χ0n) is 14.3. The van der Waals surface area contributed by atoms with E-state index in [1.54, 1.807) is 16.8 Å². The van der Waals surface area contributed by atoms with Gasteiger partial charge in [-0.1, -0.05) is 6.92 Å². The first-order valence-electron chi connectivity index (χ1n) is 8.57. The molecule has 1 unspecified atom stereocenters. The quantitative estimate of drug-likeness (QED) is 0.681. The molecule has 1 saturated heterocycles. The zero-order valence-corrected chi connectivity index (χ0v) is 15.1. The van der Waals surface area contributed by atoms with E-state index in [-0.39, 0.29) is 11.7 Å². The molecule has 1 amide bonds. The molecule has 0 radical (unpaired) electrons. The fourth-order valence-corrected chi connectivity index (χ4v) is 4.59. The van der Waals surface area contributed by atoms with Gasteiger partial charge in [0, 0.05) is 18.5 Å². The molecule has 1 aliphatic heterocycles. The number of rotatable bonds is 2. The van der Waals surface area contributed by atoms with Gasteiger partial charge in [-0.2, -0.15) is 5.10 Å². The summed E-state index contributed by atoms with van der Waals surface area (Å²) in [5, 5.41) is 5.54. The van der Waals surface area contributed by atoms with Crippen LogP contribution in [0, 0.1) is 18.7 Å². The Bertz CT molecular complexity index is 928. The maximum Gasteiger partial charge on any atom is 0.264 e. The second-order valence-corrected chi connectivity index (χ2v) is 7.83. The summed E-state index contributed by atoms with van der Waals surface area (Å²) in [6.07, 6.45) is 2.26. The van der Waals surface area contributed by atoms with Crippen molar-refractivity contribution in [2.45, 2.75) is 26.7 Å². The summed E-state index contributed by atoms with van der Waals surface area (Å²) in [4.78, 5) is 16.5. The number of thiophene rings is 1. The highest BCUT2D eigenvalue weighted by Gasteiger charge is 2.25. The topological polar surface area (TPSA) is 38.1 Å². The van der Waals surface area contributed by atoms with Crippen LogP contribution in [0.25, 0.3) is 15.9 Å². The summed E-state index contributed by atoms with van der Waals surface area (Å²) in [5.74, 6) is 0.395. The van der Waals surface area contributed by atoms with Crippen LogP contribution in [0.15, 0.2) is 30.3 Å². The van der Waals surface area contributed by atoms with Crippen molar-refractivity contribution in [2.75, 3.05) is 13.1 Å². The lowest BCUT2D eigenvalue weighted by Crippen LogP contribution is -2.38. The van der Waals surface area contributed by atoms with E-state index in [9.17, 15) is 9.18 Å². The number of nitrogens with zero attached hydrogens (tertiary/aromatic N) is 3. The largest absolute Gasteiger partial charge is 0.338 e. The van der Waals surface area contributed by atoms with E-state index in [0.29, 0.717) is 5.92 Å². The van der Waals surface area contributed by atoms with E-state index in [1.165, 1.54) is 29.9 Å². The smallest absolute Gasteiger partial charge is 0.264 e. The number of carbonyl (C=O) groups excluding carboxylic acids is 1. The molecular formula is C19H20FN3OS. The summed E-state index contributed by atoms with van der Waals surface area (Å²) < 4.78 is 15.0. The molecule has 3 heterocycles. The Morgan fingerprint density at radius 2 is 2.08 bits per heavy atom. The normalized spacial score (nSPS) is 18.0. The molecule has 1 aromatic carbocycles. The van der Waals surface area contributed by atoms with Gasteiger partial charge in [0.05, 0.1) is 16.3 Å². The number of fused-ring (bicyclic) bond motifs is 1. The molecule has 1 atom stereocenters. The Morgan fingerprint density at radius 3 is 2.80 bits per heavy atom. The van der Waals surface area contributed by atoms with E-state index in [1.807, 2.05) is 17.9 Å². The summed E-state index contributed by atoms with van der Waals surface area (Å²) >= 11 is 1.46. The van der Waals surface area contributed by atoms with Crippen LogP contribution in [0.3, 0.4) is 0 Å². The third-order valence-electron chi connectivity index (χ3n) is 4.77. The Balaban J connectivity index is 1.72. The first kappa shape index (κ1) is 16.3. The fourth-order valence-electron chi connectivity index (χ4n) is 3.44. The lowest BCUT2D eigenvalue weighted by molar-refractivity contribution is 0.0688. The number of hydrogen-bond donors (Lipinski definition) is 0. The molecule has 0 aliphatic carbocycles. The first-order chi connectivity index (χ1) is 12.0. The summed E-state index contributed by atoms with van der Waals surface area (Å²) in [6, 6.07) is 8.20. The fraction of sp³-hybridized carbons (Fsp3) is 0.368. The number of likely N-dealkylation sites (tertiary alicyclic amines) is 1. The average Bonchev–Trinajstić information content (AvgIpc) is 3.16. The standard InChI is InChI=1S/C19H20FN3OS/c1-12-4-3-9-22(11-12)18(24)17-10-16-13(2)21-23(19(16)25-17)15-7-5-14(20)6-8-15/h5-8,10,12H,3-4,9,11H2,1-2H3. The van der Waals surface area contributed by atoms with Crippen molar-refractivity contribution in [1.82, 2.24) is 14.7 Å². The Hall–Kier alpha value is -2.21. The molecule has 6 heteroatoms. The minimum atomic E-state index is -0.273. The first-order valence-corrected chi connectivity index (χ1v) is 9.39. The second-order valence-electron chi connectivity index (χ2n) is 6.80. The van der Waals surface area contributed by atoms with Gasteiger partial charge in [-0.15, -0.1) is 11.3 Å². The van der Waals surface area contributed by atoms with Crippen LogP contribution in [-0.2, 0) is 0 Å². The lowest BCUT2D eigenvalue weighted by Gasteiger charge is -2.30. The minimum absolute atomic E-state index is 0.109. The number of halogens is 1. The van der Waals surface area contributed by atoms with Crippen LogP contribution < -0.4 is 0 Å². The van der Waals surface area contributed by atoms with Crippen molar-refractivity contribution in [3.8, 4) is 5.69 Å². The van der Waals surface area contributed by atoms with Gasteiger partial charge in [0.25, 0.3) is 5.91 Å². The molecule has 3 aromatic rings. The number of amides is 1. The summed E-state index contributed by atoms with van der Waals surface area (Å²) in [5.41, 5.74) is 1.67. The second kappa shape index (κ2) is 6.26. The van der Waals surface area contributed by atoms with Gasteiger partial charge in [-0.25, -0.2) is 9.07 Å². The average molecular weight is 357 g/mol. The number of carbonyl (C=O) groups is 1. The maximum absolute atomic E-state index is 13.2. The monoisotopic (exact) mass is 357 g/mol. The predicted octanol–water partition coefficient (Wildman–Crippen LogP) is 4.41. The molecule has 0 spiro atoms. The number of benzene rings is 1. The van der Waals surface area contributed by atoms with Gasteiger partial charge in [0.1, 0.15) is 10.6 Å². The van der Waals surface area contributed by atoms with Crippen LogP contribution in [-0.4, -0.2) is 33.7 Å². The van der Waals surface area contributed by atoms with Crippen molar-refractivity contribution in [3.63, 3.8) is 0 Å². The molecule has 4 rings (SSSR count). The molecule has 0 saturated carbocycles. The molecule has 1 aliphatic rings. The van der Waals surface area contributed by atoms with E-state index in [2.05, 4.69) is 12.0 Å². The molecule has 25 heavy (non-hydrogen) atoms. The Morgan fingerprint density at radius 1 is 1.32 bits per heavy atom. The number of hydrogen-bond acceptors (Lipinski definition) is 3. The summed E-state index contributed by atoms with van der Waals surface area (Å²) in [6.45, 7) is 5.80. The van der Waals surface area contributed by atoms with Gasteiger partial charge in [-0.05, 0) is 56.0 Å². The molecule has 2 aromatic heterocycles. The number of aromatic nitrogens is 2. The highest BCUT2D eigenvalue weighted by molar-refractivity contribution is 7.20. The third kappa shape index (κ3) is 2.95. The van der Waals surface area contributed by atoms with Crippen molar-refractivity contribution < 1.29 is 9.18 Å². The van der Waals surface area contributed by atoms with Gasteiger partial charge >= 0.3 is 0 Å². The van der Waals surface area contributed by atoms with E-state index >= 15 is 0 Å². The SMILES string of the molecule is Cc1nn(-c2ccc(F)cc2)c2sc(C(=O)N3CCCC(C)C3)cc12. The van der Waals surface area contributed by atoms with E-state index in [0.717, 1.165) is 46.0 Å². The molecular weight excluding hydrogens is 337 g/mol. The van der Waals surface area contributed by atoms with E-state index < -0.39 is 0 Å². The lowest BCUT2D eigenvalue weighted by atomic mass is 10.0. The highest BCUT2D eigenvalue weighted by Crippen LogP contribution is 2.32. The predicted molar refractivity (Wildman–Crippen MR) is 97.9 cm³/mol. The van der Waals surface area contributed by atoms with Gasteiger partial charge < -0.3 is 4.90 Å². The van der Waals surface area contributed by atoms with Crippen molar-refractivity contribution in [3.05, 3.63) is 46.7 Å². The van der Waals surface area contributed by atoms with Crippen LogP contribution in [0.5, 0.6) is 0 Å². The van der Waals surface area contributed by atoms with Crippen LogP contribution in [0.2, 0.25) is 0 Å². The van der Waals surface area contributed by atoms with Crippen molar-refractivity contribution in [1.29, 1.82) is 0 Å². The maximum atomic E-state index is 13.2. The van der Waals surface area contributed by atoms with Gasteiger partial charge in [0.2, 0.25) is 0 Å². The highest BCUT2D eigenvalue weighted by atomic mass is 32.1. The summed E-state index contributed by atoms with van der Waals surface area (Å²) in [7, 11) is 0. The van der Waals surface area contributed by atoms with Crippen LogP contribution in [0.1, 0.15) is 35.1 Å². The third-order valence-corrected chi connectivity index (χ3v) is 5.87. The molecule has 0 bridgehead atoms. The molecule has 4 nitrogen and oxygen atoms in total. The van der Waals surface area contributed by atoms with Crippen LogP contribution >= 0.6 is 11.3 Å². The van der Waals surface area contributed by atoms with Gasteiger partial charge in [0.15, 0.2) is 0 Å². The number of piperidine rings is 1. The van der Waals surface area contributed by atoms with E-state index in [4.69, 9.17) is 0 Å².